The molecular weight excluding hydrogens is 452 g/mol. The van der Waals surface area contributed by atoms with Crippen molar-refractivity contribution in [3.05, 3.63) is 75.7 Å². The van der Waals surface area contributed by atoms with Crippen molar-refractivity contribution in [1.29, 1.82) is 0 Å². The number of thiazole rings is 1. The van der Waals surface area contributed by atoms with E-state index in [0.29, 0.717) is 33.9 Å². The zero-order chi connectivity index (χ0) is 23.5. The van der Waals surface area contributed by atoms with E-state index in [-0.39, 0.29) is 17.9 Å². The summed E-state index contributed by atoms with van der Waals surface area (Å²) in [5.41, 5.74) is 3.84. The lowest BCUT2D eigenvalue weighted by atomic mass is 10.0. The van der Waals surface area contributed by atoms with Gasteiger partial charge in [0.25, 0.3) is 5.56 Å². The van der Waals surface area contributed by atoms with Crippen LogP contribution in [-0.2, 0) is 11.2 Å². The number of aromatic amines is 1. The van der Waals surface area contributed by atoms with Crippen LogP contribution in [0, 0.1) is 6.92 Å². The molecule has 0 spiro atoms. The van der Waals surface area contributed by atoms with E-state index in [4.69, 9.17) is 4.98 Å². The maximum atomic E-state index is 13.5. The van der Waals surface area contributed by atoms with Crippen molar-refractivity contribution in [1.82, 2.24) is 15.0 Å². The molecule has 1 amide bonds. The van der Waals surface area contributed by atoms with Crippen LogP contribution in [0.2, 0.25) is 0 Å². The molecule has 0 atom stereocenters. The second kappa shape index (κ2) is 9.89. The highest BCUT2D eigenvalue weighted by Crippen LogP contribution is 2.34. The van der Waals surface area contributed by atoms with Gasteiger partial charge in [0.1, 0.15) is 0 Å². The number of hydrogen-bond donors (Lipinski definition) is 1. The van der Waals surface area contributed by atoms with Gasteiger partial charge in [-0.2, -0.15) is 0 Å². The lowest BCUT2D eigenvalue weighted by Gasteiger charge is -2.21. The van der Waals surface area contributed by atoms with Gasteiger partial charge in [0.15, 0.2) is 10.3 Å². The molecule has 170 valence electrons. The van der Waals surface area contributed by atoms with Gasteiger partial charge >= 0.3 is 0 Å². The smallest absolute Gasteiger partial charge is 0.254 e. The Bertz CT molecular complexity index is 1310. The van der Waals surface area contributed by atoms with E-state index >= 15 is 0 Å². The van der Waals surface area contributed by atoms with Crippen LogP contribution in [0.4, 0.5) is 10.8 Å². The molecule has 4 aromatic rings. The Hall–Kier alpha value is -2.97. The Balaban J connectivity index is 1.67. The molecule has 8 heteroatoms. The van der Waals surface area contributed by atoms with E-state index < -0.39 is 0 Å². The van der Waals surface area contributed by atoms with Crippen molar-refractivity contribution in [3.8, 4) is 0 Å². The van der Waals surface area contributed by atoms with Crippen molar-refractivity contribution >= 4 is 50.0 Å². The van der Waals surface area contributed by atoms with Crippen LogP contribution in [0.15, 0.2) is 58.5 Å². The number of anilines is 2. The molecule has 1 N–H and O–H groups in total. The van der Waals surface area contributed by atoms with E-state index in [1.807, 2.05) is 61.7 Å². The standard InChI is InChI=1S/C25H26N4O2S2/c1-15(2)17-9-11-18(12-10-17)29(25-27-20-7-5-6-8-21(20)33-25)22(30)14-13-19-16(3)26-24(32-4)28-23(19)31/h5-12,15H,13-14H2,1-4H3,(H,26,28,31). The molecule has 4 rings (SSSR count). The Morgan fingerprint density at radius 1 is 1.12 bits per heavy atom. The van der Waals surface area contributed by atoms with E-state index in [0.717, 1.165) is 15.9 Å². The number of H-pyrrole nitrogens is 1. The van der Waals surface area contributed by atoms with Gasteiger partial charge < -0.3 is 4.98 Å². The SMILES string of the molecule is CSc1nc(C)c(CCC(=O)N(c2ccc(C(C)C)cc2)c2nc3ccccc3s2)c(=O)[nH]1. The highest BCUT2D eigenvalue weighted by Gasteiger charge is 2.23. The second-order valence-electron chi connectivity index (χ2n) is 8.08. The summed E-state index contributed by atoms with van der Waals surface area (Å²) >= 11 is 2.87. The molecule has 0 saturated carbocycles. The van der Waals surface area contributed by atoms with Crippen LogP contribution in [0.1, 0.15) is 43.0 Å². The van der Waals surface area contributed by atoms with Crippen LogP contribution in [-0.4, -0.2) is 27.1 Å². The van der Waals surface area contributed by atoms with Crippen molar-refractivity contribution in [2.45, 2.75) is 44.7 Å². The van der Waals surface area contributed by atoms with Gasteiger partial charge in [-0.15, -0.1) is 0 Å². The molecule has 2 heterocycles. The molecule has 0 aliphatic rings. The van der Waals surface area contributed by atoms with Gasteiger partial charge in [0, 0.05) is 17.7 Å². The lowest BCUT2D eigenvalue weighted by Crippen LogP contribution is -2.27. The molecular formula is C25H26N4O2S2. The number of fused-ring (bicyclic) bond motifs is 1. The summed E-state index contributed by atoms with van der Waals surface area (Å²) in [4.78, 5) is 39.6. The van der Waals surface area contributed by atoms with Crippen molar-refractivity contribution in [3.63, 3.8) is 0 Å². The molecule has 0 fully saturated rings. The molecule has 6 nitrogen and oxygen atoms in total. The normalized spacial score (nSPS) is 11.3. The fourth-order valence-corrected chi connectivity index (χ4v) is 5.07. The third-order valence-electron chi connectivity index (χ3n) is 5.52. The van der Waals surface area contributed by atoms with Crippen LogP contribution < -0.4 is 10.5 Å². The average Bonchev–Trinajstić information content (AvgIpc) is 3.22. The summed E-state index contributed by atoms with van der Waals surface area (Å²) in [6, 6.07) is 15.9. The van der Waals surface area contributed by atoms with Gasteiger partial charge in [-0.25, -0.2) is 9.97 Å². The molecule has 0 radical (unpaired) electrons. The van der Waals surface area contributed by atoms with Crippen LogP contribution in [0.3, 0.4) is 0 Å². The molecule has 2 aromatic heterocycles. The predicted molar refractivity (Wildman–Crippen MR) is 137 cm³/mol. The second-order valence-corrected chi connectivity index (χ2v) is 9.88. The Kier molecular flexibility index (Phi) is 6.95. The zero-order valence-corrected chi connectivity index (χ0v) is 20.7. The molecule has 0 bridgehead atoms. The molecule has 0 saturated heterocycles. The summed E-state index contributed by atoms with van der Waals surface area (Å²) in [5, 5.41) is 1.20. The highest BCUT2D eigenvalue weighted by atomic mass is 32.2. The van der Waals surface area contributed by atoms with Crippen LogP contribution in [0.25, 0.3) is 10.2 Å². The van der Waals surface area contributed by atoms with Crippen LogP contribution in [0.5, 0.6) is 0 Å². The van der Waals surface area contributed by atoms with Gasteiger partial charge in [0.05, 0.1) is 15.9 Å². The Morgan fingerprint density at radius 3 is 2.48 bits per heavy atom. The largest absolute Gasteiger partial charge is 0.301 e. The first-order chi connectivity index (χ1) is 15.9. The fraction of sp³-hybridized carbons (Fsp3) is 0.280. The fourth-order valence-electron chi connectivity index (χ4n) is 3.64. The minimum atomic E-state index is -0.188. The van der Waals surface area contributed by atoms with Crippen molar-refractivity contribution < 1.29 is 4.79 Å². The minimum Gasteiger partial charge on any atom is -0.301 e. The summed E-state index contributed by atoms with van der Waals surface area (Å²) in [5.74, 6) is 0.288. The number of hydrogen-bond acceptors (Lipinski definition) is 6. The number of carbonyl (C=O) groups excluding carboxylic acids is 1. The zero-order valence-electron chi connectivity index (χ0n) is 19.1. The minimum absolute atomic E-state index is 0.112. The number of nitrogens with one attached hydrogen (secondary N) is 1. The number of rotatable bonds is 7. The van der Waals surface area contributed by atoms with Crippen molar-refractivity contribution in [2.75, 3.05) is 11.2 Å². The first-order valence-electron chi connectivity index (χ1n) is 10.8. The third-order valence-corrected chi connectivity index (χ3v) is 7.13. The predicted octanol–water partition coefficient (Wildman–Crippen LogP) is 5.83. The molecule has 0 unspecified atom stereocenters. The Labute approximate surface area is 201 Å². The van der Waals surface area contributed by atoms with Gasteiger partial charge in [-0.3, -0.25) is 14.5 Å². The van der Waals surface area contributed by atoms with Crippen LogP contribution >= 0.6 is 23.1 Å². The quantitative estimate of drug-likeness (QED) is 0.267. The number of nitrogens with zero attached hydrogens (tertiary/aromatic N) is 3. The number of benzene rings is 2. The molecule has 0 aliphatic carbocycles. The molecule has 0 aliphatic heterocycles. The summed E-state index contributed by atoms with van der Waals surface area (Å²) in [6.45, 7) is 6.09. The van der Waals surface area contributed by atoms with E-state index in [9.17, 15) is 9.59 Å². The monoisotopic (exact) mass is 478 g/mol. The number of amides is 1. The summed E-state index contributed by atoms with van der Waals surface area (Å²) in [6.07, 6.45) is 2.35. The van der Waals surface area contributed by atoms with E-state index in [1.54, 1.807) is 4.90 Å². The maximum absolute atomic E-state index is 13.5. The Morgan fingerprint density at radius 2 is 1.85 bits per heavy atom. The molecule has 33 heavy (non-hydrogen) atoms. The third kappa shape index (κ3) is 5.02. The lowest BCUT2D eigenvalue weighted by molar-refractivity contribution is -0.117. The maximum Gasteiger partial charge on any atom is 0.254 e. The number of aromatic nitrogens is 3. The van der Waals surface area contributed by atoms with Gasteiger partial charge in [0.2, 0.25) is 5.91 Å². The van der Waals surface area contributed by atoms with Gasteiger partial charge in [-0.1, -0.05) is 61.2 Å². The number of para-hydroxylation sites is 1. The van der Waals surface area contributed by atoms with E-state index in [2.05, 4.69) is 23.8 Å². The van der Waals surface area contributed by atoms with Crippen molar-refractivity contribution in [2.24, 2.45) is 0 Å². The summed E-state index contributed by atoms with van der Waals surface area (Å²) in [7, 11) is 0. The molecule has 2 aromatic carbocycles. The number of thioether (sulfide) groups is 1. The van der Waals surface area contributed by atoms with E-state index in [1.165, 1.54) is 28.7 Å². The van der Waals surface area contributed by atoms with Gasteiger partial charge in [-0.05, 0) is 55.3 Å². The average molecular weight is 479 g/mol. The number of aryl methyl sites for hydroxylation is 1. The first-order valence-corrected chi connectivity index (χ1v) is 12.8. The highest BCUT2D eigenvalue weighted by molar-refractivity contribution is 7.98. The first kappa shape index (κ1) is 23.2. The topological polar surface area (TPSA) is 79.0 Å². The summed E-state index contributed by atoms with van der Waals surface area (Å²) < 4.78 is 1.02. The number of carbonyl (C=O) groups is 1.